The standard InChI is InChI=1S/C22H29N5O2/c1-16-6-4-8-19-21(16)17(14-25-19)9-11-23-22(26-15-20(28)27(2)3)24-12-10-18-7-5-13-29-18/h4-8,13-14,25H,9-12,15H2,1-3H3,(H2,23,24,26). The molecule has 3 N–H and O–H groups in total. The molecule has 2 heterocycles. The summed E-state index contributed by atoms with van der Waals surface area (Å²) < 4.78 is 5.36. The Morgan fingerprint density at radius 2 is 1.93 bits per heavy atom. The van der Waals surface area contributed by atoms with Crippen LogP contribution in [-0.4, -0.2) is 55.5 Å². The molecule has 0 saturated heterocycles. The summed E-state index contributed by atoms with van der Waals surface area (Å²) in [5.41, 5.74) is 3.69. The van der Waals surface area contributed by atoms with Crippen molar-refractivity contribution in [3.8, 4) is 0 Å². The van der Waals surface area contributed by atoms with Crippen molar-refractivity contribution in [1.82, 2.24) is 20.5 Å². The van der Waals surface area contributed by atoms with Crippen LogP contribution >= 0.6 is 0 Å². The molecular formula is C22H29N5O2. The topological polar surface area (TPSA) is 85.7 Å². The summed E-state index contributed by atoms with van der Waals surface area (Å²) in [5.74, 6) is 1.50. The number of rotatable bonds is 8. The van der Waals surface area contributed by atoms with Gasteiger partial charge < -0.3 is 24.9 Å². The highest BCUT2D eigenvalue weighted by atomic mass is 16.3. The highest BCUT2D eigenvalue weighted by Crippen LogP contribution is 2.22. The molecule has 0 aliphatic heterocycles. The van der Waals surface area contributed by atoms with Crippen molar-refractivity contribution in [2.75, 3.05) is 33.7 Å². The summed E-state index contributed by atoms with van der Waals surface area (Å²) >= 11 is 0. The monoisotopic (exact) mass is 395 g/mol. The number of benzene rings is 1. The number of aliphatic imine (C=N–C) groups is 1. The first-order valence-corrected chi connectivity index (χ1v) is 9.85. The maximum atomic E-state index is 11.9. The fourth-order valence-electron chi connectivity index (χ4n) is 3.19. The summed E-state index contributed by atoms with van der Waals surface area (Å²) in [4.78, 5) is 21.2. The van der Waals surface area contributed by atoms with Gasteiger partial charge in [0.2, 0.25) is 5.91 Å². The zero-order valence-electron chi connectivity index (χ0n) is 17.3. The van der Waals surface area contributed by atoms with Crippen LogP contribution in [0.1, 0.15) is 16.9 Å². The molecular weight excluding hydrogens is 366 g/mol. The Labute approximate surface area is 171 Å². The minimum Gasteiger partial charge on any atom is -0.469 e. The molecule has 0 atom stereocenters. The average Bonchev–Trinajstić information content (AvgIpc) is 3.36. The number of guanidine groups is 1. The molecule has 7 nitrogen and oxygen atoms in total. The van der Waals surface area contributed by atoms with E-state index >= 15 is 0 Å². The van der Waals surface area contributed by atoms with E-state index in [-0.39, 0.29) is 12.5 Å². The number of aromatic nitrogens is 1. The second-order valence-electron chi connectivity index (χ2n) is 7.20. The van der Waals surface area contributed by atoms with Crippen molar-refractivity contribution in [2.24, 2.45) is 4.99 Å². The van der Waals surface area contributed by atoms with Crippen LogP contribution in [0.5, 0.6) is 0 Å². The van der Waals surface area contributed by atoms with Crippen LogP contribution in [0, 0.1) is 6.92 Å². The summed E-state index contributed by atoms with van der Waals surface area (Å²) in [5, 5.41) is 7.90. The molecule has 7 heteroatoms. The van der Waals surface area contributed by atoms with Crippen LogP contribution in [-0.2, 0) is 17.6 Å². The number of fused-ring (bicyclic) bond motifs is 1. The molecule has 2 aromatic heterocycles. The van der Waals surface area contributed by atoms with Gasteiger partial charge in [-0.2, -0.15) is 0 Å². The van der Waals surface area contributed by atoms with Gasteiger partial charge in [-0.25, -0.2) is 4.99 Å². The number of likely N-dealkylation sites (N-methyl/N-ethyl adjacent to an activating group) is 1. The third-order valence-corrected chi connectivity index (χ3v) is 4.80. The minimum absolute atomic E-state index is 0.0376. The number of carbonyl (C=O) groups is 1. The van der Waals surface area contributed by atoms with Crippen molar-refractivity contribution < 1.29 is 9.21 Å². The van der Waals surface area contributed by atoms with E-state index in [4.69, 9.17) is 4.42 Å². The van der Waals surface area contributed by atoms with E-state index in [0.717, 1.165) is 24.1 Å². The Bertz CT molecular complexity index is 957. The number of H-pyrrole nitrogens is 1. The molecule has 3 aromatic rings. The first kappa shape index (κ1) is 20.5. The van der Waals surface area contributed by atoms with Gasteiger partial charge in [0.25, 0.3) is 0 Å². The fraction of sp³-hybridized carbons (Fsp3) is 0.364. The van der Waals surface area contributed by atoms with E-state index in [2.05, 4.69) is 51.9 Å². The lowest BCUT2D eigenvalue weighted by Gasteiger charge is -2.13. The Hall–Kier alpha value is -3.22. The molecule has 0 saturated carbocycles. The Balaban J connectivity index is 1.58. The van der Waals surface area contributed by atoms with Crippen molar-refractivity contribution >= 4 is 22.8 Å². The minimum atomic E-state index is -0.0376. The smallest absolute Gasteiger partial charge is 0.243 e. The van der Waals surface area contributed by atoms with E-state index in [9.17, 15) is 4.79 Å². The highest BCUT2D eigenvalue weighted by Gasteiger charge is 2.08. The molecule has 0 radical (unpaired) electrons. The SMILES string of the molecule is Cc1cccc2[nH]cc(CCNC(=NCC(=O)N(C)C)NCCc3ccco3)c12. The molecule has 154 valence electrons. The van der Waals surface area contributed by atoms with Crippen molar-refractivity contribution in [1.29, 1.82) is 0 Å². The van der Waals surface area contributed by atoms with Crippen LogP contribution < -0.4 is 10.6 Å². The number of aromatic amines is 1. The molecule has 0 spiro atoms. The van der Waals surface area contributed by atoms with Crippen LogP contribution in [0.15, 0.2) is 52.2 Å². The summed E-state index contributed by atoms with van der Waals surface area (Å²) in [7, 11) is 3.46. The van der Waals surface area contributed by atoms with Gasteiger partial charge in [0.05, 0.1) is 6.26 Å². The number of carbonyl (C=O) groups excluding carboxylic acids is 1. The number of aryl methyl sites for hydroxylation is 1. The molecule has 29 heavy (non-hydrogen) atoms. The van der Waals surface area contributed by atoms with Crippen LogP contribution in [0.2, 0.25) is 0 Å². The van der Waals surface area contributed by atoms with E-state index < -0.39 is 0 Å². The maximum absolute atomic E-state index is 11.9. The van der Waals surface area contributed by atoms with E-state index in [1.165, 1.54) is 16.5 Å². The van der Waals surface area contributed by atoms with Crippen molar-refractivity contribution in [2.45, 2.75) is 19.8 Å². The quantitative estimate of drug-likeness (QED) is 0.404. The summed E-state index contributed by atoms with van der Waals surface area (Å²) in [6, 6.07) is 10.1. The number of nitrogens with one attached hydrogen (secondary N) is 3. The number of furan rings is 1. The van der Waals surface area contributed by atoms with Gasteiger partial charge in [-0.3, -0.25) is 4.79 Å². The van der Waals surface area contributed by atoms with Gasteiger partial charge in [-0.05, 0) is 42.7 Å². The Morgan fingerprint density at radius 3 is 2.66 bits per heavy atom. The van der Waals surface area contributed by atoms with E-state index in [1.54, 1.807) is 25.3 Å². The second-order valence-corrected chi connectivity index (χ2v) is 7.20. The lowest BCUT2D eigenvalue weighted by molar-refractivity contribution is -0.127. The molecule has 0 fully saturated rings. The second kappa shape index (κ2) is 9.82. The van der Waals surface area contributed by atoms with Gasteiger partial charge in [-0.15, -0.1) is 0 Å². The first-order valence-electron chi connectivity index (χ1n) is 9.85. The van der Waals surface area contributed by atoms with Gasteiger partial charge in [0.15, 0.2) is 5.96 Å². The number of hydrogen-bond donors (Lipinski definition) is 3. The van der Waals surface area contributed by atoms with Gasteiger partial charge in [-0.1, -0.05) is 12.1 Å². The fourth-order valence-corrected chi connectivity index (χ4v) is 3.19. The predicted octanol–water partition coefficient (Wildman–Crippen LogP) is 2.48. The number of hydrogen-bond acceptors (Lipinski definition) is 3. The summed E-state index contributed by atoms with van der Waals surface area (Å²) in [6.07, 6.45) is 5.33. The number of amides is 1. The van der Waals surface area contributed by atoms with E-state index in [1.807, 2.05) is 12.1 Å². The van der Waals surface area contributed by atoms with Crippen molar-refractivity contribution in [3.05, 3.63) is 59.7 Å². The molecule has 0 bridgehead atoms. The van der Waals surface area contributed by atoms with E-state index in [0.29, 0.717) is 19.0 Å². The maximum Gasteiger partial charge on any atom is 0.243 e. The summed E-state index contributed by atoms with van der Waals surface area (Å²) in [6.45, 7) is 3.62. The van der Waals surface area contributed by atoms with Gasteiger partial charge in [0.1, 0.15) is 12.3 Å². The Morgan fingerprint density at radius 1 is 1.14 bits per heavy atom. The zero-order valence-corrected chi connectivity index (χ0v) is 17.3. The molecule has 0 unspecified atom stereocenters. The molecule has 3 rings (SSSR count). The third-order valence-electron chi connectivity index (χ3n) is 4.80. The first-order chi connectivity index (χ1) is 14.0. The van der Waals surface area contributed by atoms with Gasteiger partial charge in [0, 0.05) is 50.7 Å². The average molecular weight is 396 g/mol. The highest BCUT2D eigenvalue weighted by molar-refractivity contribution is 5.87. The number of nitrogens with zero attached hydrogens (tertiary/aromatic N) is 2. The van der Waals surface area contributed by atoms with Crippen LogP contribution in [0.3, 0.4) is 0 Å². The Kier molecular flexibility index (Phi) is 6.94. The van der Waals surface area contributed by atoms with Crippen molar-refractivity contribution in [3.63, 3.8) is 0 Å². The molecule has 1 amide bonds. The zero-order chi connectivity index (χ0) is 20.6. The molecule has 0 aliphatic rings. The van der Waals surface area contributed by atoms with Crippen LogP contribution in [0.4, 0.5) is 0 Å². The third kappa shape index (κ3) is 5.63. The molecule has 1 aromatic carbocycles. The lowest BCUT2D eigenvalue weighted by atomic mass is 10.1. The predicted molar refractivity (Wildman–Crippen MR) is 116 cm³/mol. The van der Waals surface area contributed by atoms with Gasteiger partial charge >= 0.3 is 0 Å². The molecule has 0 aliphatic carbocycles. The van der Waals surface area contributed by atoms with Crippen LogP contribution in [0.25, 0.3) is 10.9 Å². The largest absolute Gasteiger partial charge is 0.469 e. The lowest BCUT2D eigenvalue weighted by Crippen LogP contribution is -2.40. The normalized spacial score (nSPS) is 11.6.